The van der Waals surface area contributed by atoms with Crippen LogP contribution in [0.15, 0.2) is 48.5 Å². The summed E-state index contributed by atoms with van der Waals surface area (Å²) in [5.41, 5.74) is 8.86. The van der Waals surface area contributed by atoms with E-state index in [0.717, 1.165) is 25.2 Å². The van der Waals surface area contributed by atoms with Gasteiger partial charge in [-0.1, -0.05) is 19.1 Å². The van der Waals surface area contributed by atoms with Crippen LogP contribution in [-0.2, 0) is 6.54 Å². The molecule has 0 atom stereocenters. The predicted molar refractivity (Wildman–Crippen MR) is 80.3 cm³/mol. The van der Waals surface area contributed by atoms with Gasteiger partial charge < -0.3 is 15.7 Å². The smallest absolute Gasteiger partial charge is 0.115 e. The van der Waals surface area contributed by atoms with Crippen molar-refractivity contribution in [2.75, 3.05) is 17.2 Å². The first-order valence-corrected chi connectivity index (χ1v) is 6.57. The monoisotopic (exact) mass is 256 g/mol. The Bertz CT molecular complexity index is 505. The highest BCUT2D eigenvalue weighted by molar-refractivity contribution is 5.53. The van der Waals surface area contributed by atoms with Crippen LogP contribution in [0.4, 0.5) is 11.4 Å². The SMILES string of the molecule is CCCN(Cc1ccc(O)cc1)c1ccc(N)cc1. The molecule has 19 heavy (non-hydrogen) atoms. The molecule has 0 unspecified atom stereocenters. The molecule has 3 N–H and O–H groups in total. The summed E-state index contributed by atoms with van der Waals surface area (Å²) in [6.45, 7) is 3.99. The van der Waals surface area contributed by atoms with Gasteiger partial charge in [-0.15, -0.1) is 0 Å². The second kappa shape index (κ2) is 6.14. The van der Waals surface area contributed by atoms with Gasteiger partial charge in [-0.3, -0.25) is 0 Å². The molecule has 2 aromatic rings. The molecular formula is C16H20N2O. The molecule has 2 rings (SSSR count). The quantitative estimate of drug-likeness (QED) is 0.806. The maximum absolute atomic E-state index is 9.31. The zero-order chi connectivity index (χ0) is 13.7. The van der Waals surface area contributed by atoms with Gasteiger partial charge in [0.15, 0.2) is 0 Å². The Morgan fingerprint density at radius 3 is 2.21 bits per heavy atom. The van der Waals surface area contributed by atoms with Crippen LogP contribution in [0, 0.1) is 0 Å². The average molecular weight is 256 g/mol. The summed E-state index contributed by atoms with van der Waals surface area (Å²) >= 11 is 0. The van der Waals surface area contributed by atoms with Crippen LogP contribution in [-0.4, -0.2) is 11.7 Å². The molecular weight excluding hydrogens is 236 g/mol. The third kappa shape index (κ3) is 3.65. The van der Waals surface area contributed by atoms with Crippen molar-refractivity contribution in [1.82, 2.24) is 0 Å². The first-order chi connectivity index (χ1) is 9.19. The summed E-state index contributed by atoms with van der Waals surface area (Å²) in [4.78, 5) is 2.31. The first kappa shape index (κ1) is 13.3. The van der Waals surface area contributed by atoms with Crippen molar-refractivity contribution in [1.29, 1.82) is 0 Å². The lowest BCUT2D eigenvalue weighted by molar-refractivity contribution is 0.475. The number of nitrogens with two attached hydrogens (primary N) is 1. The minimum Gasteiger partial charge on any atom is -0.508 e. The summed E-state index contributed by atoms with van der Waals surface area (Å²) in [5.74, 6) is 0.304. The van der Waals surface area contributed by atoms with Gasteiger partial charge in [0.1, 0.15) is 5.75 Å². The topological polar surface area (TPSA) is 49.5 Å². The molecule has 0 bridgehead atoms. The molecule has 3 nitrogen and oxygen atoms in total. The number of nitrogen functional groups attached to an aromatic ring is 1. The minimum atomic E-state index is 0.304. The number of nitrogens with zero attached hydrogens (tertiary/aromatic N) is 1. The number of anilines is 2. The fraction of sp³-hybridized carbons (Fsp3) is 0.250. The summed E-state index contributed by atoms with van der Waals surface area (Å²) < 4.78 is 0. The van der Waals surface area contributed by atoms with Crippen molar-refractivity contribution in [3.8, 4) is 5.75 Å². The van der Waals surface area contributed by atoms with Crippen LogP contribution in [0.25, 0.3) is 0 Å². The highest BCUT2D eigenvalue weighted by atomic mass is 16.3. The zero-order valence-electron chi connectivity index (χ0n) is 11.2. The predicted octanol–water partition coefficient (Wildman–Crippen LogP) is 3.39. The molecule has 0 radical (unpaired) electrons. The van der Waals surface area contributed by atoms with Crippen LogP contribution in [0.1, 0.15) is 18.9 Å². The van der Waals surface area contributed by atoms with Crippen molar-refractivity contribution in [2.45, 2.75) is 19.9 Å². The average Bonchev–Trinajstić information content (AvgIpc) is 2.42. The van der Waals surface area contributed by atoms with Crippen molar-refractivity contribution < 1.29 is 5.11 Å². The molecule has 0 heterocycles. The minimum absolute atomic E-state index is 0.304. The van der Waals surface area contributed by atoms with Gasteiger partial charge in [0.05, 0.1) is 0 Å². The molecule has 2 aromatic carbocycles. The van der Waals surface area contributed by atoms with Crippen molar-refractivity contribution in [3.05, 3.63) is 54.1 Å². The van der Waals surface area contributed by atoms with Gasteiger partial charge in [-0.2, -0.15) is 0 Å². The Labute approximate surface area is 114 Å². The van der Waals surface area contributed by atoms with Crippen molar-refractivity contribution in [2.24, 2.45) is 0 Å². The third-order valence-corrected chi connectivity index (χ3v) is 3.06. The maximum atomic E-state index is 9.31. The second-order valence-corrected chi connectivity index (χ2v) is 4.68. The lowest BCUT2D eigenvalue weighted by atomic mass is 10.1. The molecule has 0 aromatic heterocycles. The fourth-order valence-corrected chi connectivity index (χ4v) is 2.08. The molecule has 100 valence electrons. The van der Waals surface area contributed by atoms with E-state index in [1.54, 1.807) is 12.1 Å². The molecule has 0 spiro atoms. The maximum Gasteiger partial charge on any atom is 0.115 e. The summed E-state index contributed by atoms with van der Waals surface area (Å²) in [6, 6.07) is 15.3. The van der Waals surface area contributed by atoms with Gasteiger partial charge in [-0.25, -0.2) is 0 Å². The molecule has 0 saturated carbocycles. The number of phenols is 1. The Balaban J connectivity index is 2.15. The largest absolute Gasteiger partial charge is 0.508 e. The standard InChI is InChI=1S/C16H20N2O/c1-2-11-18(15-7-5-14(17)6-8-15)12-13-3-9-16(19)10-4-13/h3-10,19H,2,11-12,17H2,1H3. The summed E-state index contributed by atoms with van der Waals surface area (Å²) in [7, 11) is 0. The number of hydrogen-bond acceptors (Lipinski definition) is 3. The molecule has 0 aliphatic heterocycles. The van der Waals surface area contributed by atoms with E-state index in [4.69, 9.17) is 5.73 Å². The van der Waals surface area contributed by atoms with Crippen LogP contribution < -0.4 is 10.6 Å². The number of phenolic OH excluding ortho intramolecular Hbond substituents is 1. The van der Waals surface area contributed by atoms with Crippen LogP contribution in [0.5, 0.6) is 5.75 Å². The van der Waals surface area contributed by atoms with Crippen LogP contribution >= 0.6 is 0 Å². The van der Waals surface area contributed by atoms with E-state index in [9.17, 15) is 5.11 Å². The fourth-order valence-electron chi connectivity index (χ4n) is 2.08. The normalized spacial score (nSPS) is 10.4. The van der Waals surface area contributed by atoms with Crippen molar-refractivity contribution in [3.63, 3.8) is 0 Å². The number of rotatable bonds is 5. The lowest BCUT2D eigenvalue weighted by Gasteiger charge is -2.24. The van der Waals surface area contributed by atoms with Gasteiger partial charge in [0.2, 0.25) is 0 Å². The van der Waals surface area contributed by atoms with Crippen LogP contribution in [0.2, 0.25) is 0 Å². The molecule has 0 saturated heterocycles. The van der Waals surface area contributed by atoms with E-state index in [0.29, 0.717) is 5.75 Å². The molecule has 0 aliphatic rings. The summed E-state index contributed by atoms with van der Waals surface area (Å²) in [6.07, 6.45) is 1.09. The first-order valence-electron chi connectivity index (χ1n) is 6.57. The van der Waals surface area contributed by atoms with Gasteiger partial charge in [-0.05, 0) is 48.4 Å². The van der Waals surface area contributed by atoms with Gasteiger partial charge >= 0.3 is 0 Å². The van der Waals surface area contributed by atoms with E-state index in [2.05, 4.69) is 11.8 Å². The zero-order valence-corrected chi connectivity index (χ0v) is 11.2. The van der Waals surface area contributed by atoms with Gasteiger partial charge in [0, 0.05) is 24.5 Å². The second-order valence-electron chi connectivity index (χ2n) is 4.68. The highest BCUT2D eigenvalue weighted by Gasteiger charge is 2.06. The Kier molecular flexibility index (Phi) is 4.29. The van der Waals surface area contributed by atoms with E-state index in [1.807, 2.05) is 36.4 Å². The van der Waals surface area contributed by atoms with Crippen molar-refractivity contribution >= 4 is 11.4 Å². The number of aromatic hydroxyl groups is 1. The summed E-state index contributed by atoms with van der Waals surface area (Å²) in [5, 5.41) is 9.31. The Morgan fingerprint density at radius 2 is 1.63 bits per heavy atom. The Hall–Kier alpha value is -2.16. The molecule has 3 heteroatoms. The number of benzene rings is 2. The van der Waals surface area contributed by atoms with E-state index in [-0.39, 0.29) is 0 Å². The lowest BCUT2D eigenvalue weighted by Crippen LogP contribution is -2.23. The third-order valence-electron chi connectivity index (χ3n) is 3.06. The van der Waals surface area contributed by atoms with Gasteiger partial charge in [0.25, 0.3) is 0 Å². The van der Waals surface area contributed by atoms with E-state index < -0.39 is 0 Å². The molecule has 0 amide bonds. The Morgan fingerprint density at radius 1 is 1.00 bits per heavy atom. The van der Waals surface area contributed by atoms with E-state index >= 15 is 0 Å². The molecule has 0 aliphatic carbocycles. The van der Waals surface area contributed by atoms with Crippen LogP contribution in [0.3, 0.4) is 0 Å². The molecule has 0 fully saturated rings. The highest BCUT2D eigenvalue weighted by Crippen LogP contribution is 2.20. The number of hydrogen-bond donors (Lipinski definition) is 2. The van der Waals surface area contributed by atoms with E-state index in [1.165, 1.54) is 11.3 Å².